The van der Waals surface area contributed by atoms with E-state index >= 15 is 0 Å². The smallest absolute Gasteiger partial charge is 0.248 e. The van der Waals surface area contributed by atoms with Crippen LogP contribution in [0, 0.1) is 6.92 Å². The van der Waals surface area contributed by atoms with E-state index in [1.165, 1.54) is 10.4 Å². The molecule has 4 nitrogen and oxygen atoms in total. The Morgan fingerprint density at radius 2 is 2.42 bits per heavy atom. The second-order valence-corrected chi connectivity index (χ2v) is 5.88. The zero-order valence-corrected chi connectivity index (χ0v) is 11.7. The average molecular weight is 275 g/mol. The van der Waals surface area contributed by atoms with Crippen molar-refractivity contribution in [2.24, 2.45) is 0 Å². The quantitative estimate of drug-likeness (QED) is 0.903. The molecule has 1 unspecified atom stereocenters. The summed E-state index contributed by atoms with van der Waals surface area (Å²) in [6.45, 7) is 2.89. The molecule has 0 spiro atoms. The van der Waals surface area contributed by atoms with Crippen molar-refractivity contribution in [2.45, 2.75) is 38.8 Å². The van der Waals surface area contributed by atoms with E-state index < -0.39 is 0 Å². The fourth-order valence-corrected chi connectivity index (χ4v) is 3.35. The lowest BCUT2D eigenvalue weighted by molar-refractivity contribution is 0.454. The molecular formula is C14H17N3OS. The van der Waals surface area contributed by atoms with Gasteiger partial charge in [-0.3, -0.25) is 4.79 Å². The number of aryl methyl sites for hydroxylation is 2. The van der Waals surface area contributed by atoms with Gasteiger partial charge >= 0.3 is 0 Å². The molecule has 0 saturated carbocycles. The number of aromatic amines is 1. The van der Waals surface area contributed by atoms with Crippen LogP contribution in [0.4, 0.5) is 0 Å². The summed E-state index contributed by atoms with van der Waals surface area (Å²) < 4.78 is 0. The highest BCUT2D eigenvalue weighted by Crippen LogP contribution is 2.28. The fraction of sp³-hybridized carbons (Fsp3) is 0.429. The van der Waals surface area contributed by atoms with E-state index in [0.29, 0.717) is 6.04 Å². The van der Waals surface area contributed by atoms with Gasteiger partial charge in [0.05, 0.1) is 11.2 Å². The summed E-state index contributed by atoms with van der Waals surface area (Å²) in [4.78, 5) is 19.9. The van der Waals surface area contributed by atoms with Crippen LogP contribution in [0.2, 0.25) is 0 Å². The molecule has 0 fully saturated rings. The van der Waals surface area contributed by atoms with Gasteiger partial charge in [-0.25, -0.2) is 4.98 Å². The van der Waals surface area contributed by atoms with Gasteiger partial charge in [-0.05, 0) is 31.7 Å². The molecule has 0 aromatic carbocycles. The number of nitrogens with zero attached hydrogens (tertiary/aromatic N) is 1. The first-order valence-electron chi connectivity index (χ1n) is 6.58. The van der Waals surface area contributed by atoms with E-state index in [2.05, 4.69) is 15.3 Å². The molecule has 1 aliphatic rings. The number of H-pyrrole nitrogens is 1. The van der Waals surface area contributed by atoms with Crippen molar-refractivity contribution < 1.29 is 0 Å². The molecule has 19 heavy (non-hydrogen) atoms. The molecule has 1 atom stereocenters. The van der Waals surface area contributed by atoms with Gasteiger partial charge in [-0.1, -0.05) is 6.07 Å². The highest BCUT2D eigenvalue weighted by atomic mass is 32.1. The highest BCUT2D eigenvalue weighted by molar-refractivity contribution is 7.09. The summed E-state index contributed by atoms with van der Waals surface area (Å²) in [5.41, 5.74) is 5.33. The van der Waals surface area contributed by atoms with Gasteiger partial charge in [0, 0.05) is 29.2 Å². The maximum absolute atomic E-state index is 11.4. The molecule has 100 valence electrons. The molecule has 2 N–H and O–H groups in total. The van der Waals surface area contributed by atoms with Crippen molar-refractivity contribution in [3.05, 3.63) is 49.8 Å². The van der Waals surface area contributed by atoms with Crippen molar-refractivity contribution in [2.75, 3.05) is 0 Å². The SMILES string of the molecule is Cc1ncsc1CNC1CCCc2[nH]c(=O)ccc21. The maximum atomic E-state index is 11.4. The lowest BCUT2D eigenvalue weighted by Crippen LogP contribution is -2.27. The molecule has 2 heterocycles. The minimum atomic E-state index is -0.00213. The lowest BCUT2D eigenvalue weighted by Gasteiger charge is -2.25. The molecule has 0 amide bonds. The largest absolute Gasteiger partial charge is 0.326 e. The van der Waals surface area contributed by atoms with Crippen LogP contribution in [0.5, 0.6) is 0 Å². The van der Waals surface area contributed by atoms with Gasteiger partial charge in [0.1, 0.15) is 0 Å². The molecule has 1 aliphatic carbocycles. The third kappa shape index (κ3) is 2.62. The first-order chi connectivity index (χ1) is 9.24. The Labute approximate surface area is 115 Å². The lowest BCUT2D eigenvalue weighted by atomic mass is 9.91. The van der Waals surface area contributed by atoms with Crippen molar-refractivity contribution >= 4 is 11.3 Å². The van der Waals surface area contributed by atoms with Crippen LogP contribution in [0.15, 0.2) is 22.4 Å². The summed E-state index contributed by atoms with van der Waals surface area (Å²) >= 11 is 1.69. The Hall–Kier alpha value is -1.46. The second-order valence-electron chi connectivity index (χ2n) is 4.94. The number of nitrogens with one attached hydrogen (secondary N) is 2. The molecule has 0 bridgehead atoms. The highest BCUT2D eigenvalue weighted by Gasteiger charge is 2.20. The third-order valence-corrected chi connectivity index (χ3v) is 4.62. The number of rotatable bonds is 3. The molecule has 2 aromatic heterocycles. The van der Waals surface area contributed by atoms with Gasteiger partial charge in [-0.15, -0.1) is 11.3 Å². The zero-order valence-electron chi connectivity index (χ0n) is 10.9. The standard InChI is InChI=1S/C14H17N3OS/c1-9-13(19-8-16-9)7-15-11-3-2-4-12-10(11)5-6-14(18)17-12/h5-6,8,11,15H,2-4,7H2,1H3,(H,17,18). The Kier molecular flexibility index (Phi) is 3.48. The Balaban J connectivity index is 1.77. The minimum absolute atomic E-state index is 0.00213. The van der Waals surface area contributed by atoms with E-state index in [1.807, 2.05) is 18.5 Å². The number of hydrogen-bond donors (Lipinski definition) is 2. The van der Waals surface area contributed by atoms with Crippen LogP contribution < -0.4 is 10.9 Å². The summed E-state index contributed by atoms with van der Waals surface area (Å²) in [5, 5.41) is 3.59. The predicted octanol–water partition coefficient (Wildman–Crippen LogP) is 2.31. The molecule has 3 rings (SSSR count). The van der Waals surface area contributed by atoms with E-state index in [1.54, 1.807) is 17.4 Å². The first kappa shape index (κ1) is 12.6. The molecule has 2 aromatic rings. The number of aromatic nitrogens is 2. The Morgan fingerprint density at radius 3 is 3.21 bits per heavy atom. The summed E-state index contributed by atoms with van der Waals surface area (Å²) in [7, 11) is 0. The Bertz CT molecular complexity index is 632. The van der Waals surface area contributed by atoms with Gasteiger partial charge in [-0.2, -0.15) is 0 Å². The van der Waals surface area contributed by atoms with Gasteiger partial charge in [0.25, 0.3) is 0 Å². The van der Waals surface area contributed by atoms with E-state index in [4.69, 9.17) is 0 Å². The van der Waals surface area contributed by atoms with Crippen LogP contribution in [0.3, 0.4) is 0 Å². The minimum Gasteiger partial charge on any atom is -0.326 e. The molecule has 5 heteroatoms. The summed E-state index contributed by atoms with van der Waals surface area (Å²) in [5.74, 6) is 0. The maximum Gasteiger partial charge on any atom is 0.248 e. The van der Waals surface area contributed by atoms with E-state index in [9.17, 15) is 4.79 Å². The fourth-order valence-electron chi connectivity index (χ4n) is 2.62. The van der Waals surface area contributed by atoms with E-state index in [0.717, 1.165) is 37.2 Å². The van der Waals surface area contributed by atoms with E-state index in [-0.39, 0.29) is 5.56 Å². The predicted molar refractivity (Wildman–Crippen MR) is 76.4 cm³/mol. The van der Waals surface area contributed by atoms with Crippen molar-refractivity contribution in [1.29, 1.82) is 0 Å². The van der Waals surface area contributed by atoms with Crippen molar-refractivity contribution in [3.8, 4) is 0 Å². The summed E-state index contributed by atoms with van der Waals surface area (Å²) in [6.07, 6.45) is 3.21. The van der Waals surface area contributed by atoms with Gasteiger partial charge in [0.15, 0.2) is 0 Å². The van der Waals surface area contributed by atoms with Gasteiger partial charge < -0.3 is 10.3 Å². The number of fused-ring (bicyclic) bond motifs is 1. The number of pyridine rings is 1. The molecule has 0 radical (unpaired) electrons. The first-order valence-corrected chi connectivity index (χ1v) is 7.46. The molecular weight excluding hydrogens is 258 g/mol. The normalized spacial score (nSPS) is 18.3. The van der Waals surface area contributed by atoms with Gasteiger partial charge in [0.2, 0.25) is 5.56 Å². The van der Waals surface area contributed by atoms with Crippen LogP contribution in [-0.4, -0.2) is 9.97 Å². The monoisotopic (exact) mass is 275 g/mol. The van der Waals surface area contributed by atoms with Crippen LogP contribution >= 0.6 is 11.3 Å². The topological polar surface area (TPSA) is 57.8 Å². The molecule has 0 saturated heterocycles. The number of hydrogen-bond acceptors (Lipinski definition) is 4. The summed E-state index contributed by atoms with van der Waals surface area (Å²) in [6, 6.07) is 3.92. The van der Waals surface area contributed by atoms with Crippen LogP contribution in [0.1, 0.15) is 40.7 Å². The van der Waals surface area contributed by atoms with Crippen molar-refractivity contribution in [1.82, 2.24) is 15.3 Å². The Morgan fingerprint density at radius 1 is 1.53 bits per heavy atom. The third-order valence-electron chi connectivity index (χ3n) is 3.69. The zero-order chi connectivity index (χ0) is 13.2. The second kappa shape index (κ2) is 5.27. The number of thiazole rings is 1. The molecule has 0 aliphatic heterocycles. The van der Waals surface area contributed by atoms with Crippen molar-refractivity contribution in [3.63, 3.8) is 0 Å². The average Bonchev–Trinajstić information content (AvgIpc) is 2.81. The van der Waals surface area contributed by atoms with Crippen LogP contribution in [0.25, 0.3) is 0 Å². The van der Waals surface area contributed by atoms with Crippen LogP contribution in [-0.2, 0) is 13.0 Å².